The molecule has 0 aliphatic carbocycles. The number of thioether (sulfide) groups is 1. The van der Waals surface area contributed by atoms with Gasteiger partial charge in [-0.3, -0.25) is 4.79 Å². The average Bonchev–Trinajstić information content (AvgIpc) is 2.98. The molecule has 0 radical (unpaired) electrons. The Morgan fingerprint density at radius 1 is 1.35 bits per heavy atom. The summed E-state index contributed by atoms with van der Waals surface area (Å²) in [4.78, 5) is 13.8. The van der Waals surface area contributed by atoms with Gasteiger partial charge in [0.2, 0.25) is 11.0 Å². The van der Waals surface area contributed by atoms with Crippen molar-refractivity contribution in [3.8, 4) is 0 Å². The number of amides is 1. The van der Waals surface area contributed by atoms with E-state index in [1.807, 2.05) is 43.9 Å². The van der Waals surface area contributed by atoms with Crippen LogP contribution in [0.4, 0.5) is 10.8 Å². The third-order valence-corrected chi connectivity index (χ3v) is 5.72. The molecule has 23 heavy (non-hydrogen) atoms. The first-order valence-corrected chi connectivity index (χ1v) is 9.49. The first-order valence-electron chi connectivity index (χ1n) is 7.31. The maximum atomic E-state index is 12.0. The van der Waals surface area contributed by atoms with E-state index in [1.54, 1.807) is 0 Å². The van der Waals surface area contributed by atoms with Crippen LogP contribution in [-0.2, 0) is 4.79 Å². The lowest BCUT2D eigenvalue weighted by Gasteiger charge is -2.17. The Hall–Kier alpha value is -1.31. The fourth-order valence-corrected chi connectivity index (χ4v) is 3.81. The van der Waals surface area contributed by atoms with Gasteiger partial charge in [0.05, 0.1) is 5.75 Å². The van der Waals surface area contributed by atoms with E-state index in [0.29, 0.717) is 15.9 Å². The highest BCUT2D eigenvalue weighted by molar-refractivity contribution is 8.01. The maximum Gasteiger partial charge on any atom is 0.233 e. The summed E-state index contributed by atoms with van der Waals surface area (Å²) in [6, 6.07) is 5.68. The number of nitrogens with zero attached hydrogens (tertiary/aromatic N) is 3. The number of anilines is 2. The summed E-state index contributed by atoms with van der Waals surface area (Å²) in [5.74, 6) is 0.502. The number of rotatable bonds is 7. The summed E-state index contributed by atoms with van der Waals surface area (Å²) in [6.07, 6.45) is 0. The maximum absolute atomic E-state index is 12.0. The van der Waals surface area contributed by atoms with Crippen LogP contribution < -0.4 is 5.32 Å². The van der Waals surface area contributed by atoms with Crippen LogP contribution >= 0.6 is 34.7 Å². The van der Waals surface area contributed by atoms with E-state index in [2.05, 4.69) is 15.5 Å². The van der Waals surface area contributed by atoms with Crippen molar-refractivity contribution < 1.29 is 4.79 Å². The van der Waals surface area contributed by atoms with Crippen LogP contribution in [-0.4, -0.2) is 39.8 Å². The van der Waals surface area contributed by atoms with E-state index in [1.165, 1.54) is 23.1 Å². The Balaban J connectivity index is 1.96. The second kappa shape index (κ2) is 8.52. The van der Waals surface area contributed by atoms with E-state index in [-0.39, 0.29) is 5.91 Å². The molecule has 5 nitrogen and oxygen atoms in total. The van der Waals surface area contributed by atoms with Gasteiger partial charge in [-0.2, -0.15) is 0 Å². The Bertz CT molecular complexity index is 673. The molecule has 0 aliphatic rings. The molecule has 2 rings (SSSR count). The lowest BCUT2D eigenvalue weighted by molar-refractivity contribution is -0.127. The summed E-state index contributed by atoms with van der Waals surface area (Å²) in [5, 5.41) is 12.8. The minimum absolute atomic E-state index is 0.121. The molecule has 0 spiro atoms. The highest BCUT2D eigenvalue weighted by Gasteiger charge is 2.13. The van der Waals surface area contributed by atoms with E-state index in [0.717, 1.165) is 28.7 Å². The van der Waals surface area contributed by atoms with Gasteiger partial charge in [-0.1, -0.05) is 40.8 Å². The Morgan fingerprint density at radius 3 is 2.78 bits per heavy atom. The Morgan fingerprint density at radius 2 is 2.09 bits per heavy atom. The zero-order valence-corrected chi connectivity index (χ0v) is 15.7. The monoisotopic (exact) mass is 370 g/mol. The summed E-state index contributed by atoms with van der Waals surface area (Å²) in [7, 11) is 0. The molecule has 0 atom stereocenters. The first kappa shape index (κ1) is 18.0. The van der Waals surface area contributed by atoms with Gasteiger partial charge >= 0.3 is 0 Å². The third kappa shape index (κ3) is 4.83. The van der Waals surface area contributed by atoms with Gasteiger partial charge in [0.15, 0.2) is 4.34 Å². The van der Waals surface area contributed by atoms with Crippen LogP contribution in [0.15, 0.2) is 22.5 Å². The van der Waals surface area contributed by atoms with Gasteiger partial charge in [0.1, 0.15) is 0 Å². The normalized spacial score (nSPS) is 10.6. The van der Waals surface area contributed by atoms with Crippen molar-refractivity contribution in [3.05, 3.63) is 28.8 Å². The summed E-state index contributed by atoms with van der Waals surface area (Å²) in [5.41, 5.74) is 1.87. The Labute approximate surface area is 149 Å². The minimum atomic E-state index is 0.121. The second-order valence-corrected chi connectivity index (χ2v) is 7.37. The van der Waals surface area contributed by atoms with Crippen LogP contribution in [0.1, 0.15) is 19.4 Å². The molecule has 8 heteroatoms. The predicted octanol–water partition coefficient (Wildman–Crippen LogP) is 4.20. The van der Waals surface area contributed by atoms with Crippen LogP contribution in [0.2, 0.25) is 5.02 Å². The highest BCUT2D eigenvalue weighted by Crippen LogP contribution is 2.30. The van der Waals surface area contributed by atoms with Crippen molar-refractivity contribution in [3.63, 3.8) is 0 Å². The van der Waals surface area contributed by atoms with Crippen molar-refractivity contribution >= 4 is 51.4 Å². The van der Waals surface area contributed by atoms with E-state index in [9.17, 15) is 4.79 Å². The number of hydrogen-bond donors (Lipinski definition) is 1. The lowest BCUT2D eigenvalue weighted by atomic mass is 10.2. The van der Waals surface area contributed by atoms with Gasteiger partial charge in [-0.05, 0) is 38.5 Å². The van der Waals surface area contributed by atoms with Crippen LogP contribution in [0.25, 0.3) is 0 Å². The van der Waals surface area contributed by atoms with E-state index < -0.39 is 0 Å². The van der Waals surface area contributed by atoms with Gasteiger partial charge in [0.25, 0.3) is 0 Å². The summed E-state index contributed by atoms with van der Waals surface area (Å²) in [6.45, 7) is 7.36. The van der Waals surface area contributed by atoms with Crippen LogP contribution in [0.5, 0.6) is 0 Å². The number of nitrogens with one attached hydrogen (secondary N) is 1. The summed E-state index contributed by atoms with van der Waals surface area (Å²) < 4.78 is 0.771. The number of aromatic nitrogens is 2. The molecule has 1 N–H and O–H groups in total. The number of halogens is 1. The molecule has 1 amide bonds. The fourth-order valence-electron chi connectivity index (χ4n) is 1.97. The zero-order valence-electron chi connectivity index (χ0n) is 13.3. The number of hydrogen-bond acceptors (Lipinski definition) is 6. The first-order chi connectivity index (χ1) is 11.0. The largest absolute Gasteiger partial charge is 0.343 e. The zero-order chi connectivity index (χ0) is 16.8. The molecule has 2 aromatic rings. The molecule has 0 fully saturated rings. The number of benzene rings is 1. The van der Waals surface area contributed by atoms with Crippen LogP contribution in [0, 0.1) is 6.92 Å². The van der Waals surface area contributed by atoms with Crippen molar-refractivity contribution in [1.29, 1.82) is 0 Å². The van der Waals surface area contributed by atoms with Gasteiger partial charge in [0, 0.05) is 23.8 Å². The minimum Gasteiger partial charge on any atom is -0.343 e. The van der Waals surface area contributed by atoms with E-state index >= 15 is 0 Å². The molecule has 0 saturated heterocycles. The van der Waals surface area contributed by atoms with Gasteiger partial charge in [-0.25, -0.2) is 0 Å². The van der Waals surface area contributed by atoms with Gasteiger partial charge < -0.3 is 10.2 Å². The number of carbonyl (C=O) groups is 1. The Kier molecular flexibility index (Phi) is 6.68. The molecule has 0 aliphatic heterocycles. The standard InChI is InChI=1S/C15H19ClN4OS2/c1-4-20(5-2)13(21)9-22-15-19-18-14(23-15)17-12-8-6-7-11(16)10(12)3/h6-8H,4-5,9H2,1-3H3,(H,17,18). The van der Waals surface area contributed by atoms with Crippen molar-refractivity contribution in [2.24, 2.45) is 0 Å². The van der Waals surface area contributed by atoms with Crippen molar-refractivity contribution in [1.82, 2.24) is 15.1 Å². The SMILES string of the molecule is CCN(CC)C(=O)CSc1nnc(Nc2cccc(Cl)c2C)s1. The molecule has 0 saturated carbocycles. The topological polar surface area (TPSA) is 58.1 Å². The van der Waals surface area contributed by atoms with Gasteiger partial charge in [-0.15, -0.1) is 10.2 Å². The molecule has 1 aromatic heterocycles. The fraction of sp³-hybridized carbons (Fsp3) is 0.400. The molecular formula is C15H19ClN4OS2. The third-order valence-electron chi connectivity index (χ3n) is 3.35. The highest BCUT2D eigenvalue weighted by atomic mass is 35.5. The molecule has 124 valence electrons. The molecule has 1 aromatic carbocycles. The molecule has 0 bridgehead atoms. The second-order valence-electron chi connectivity index (χ2n) is 4.77. The molecule has 1 heterocycles. The quantitative estimate of drug-likeness (QED) is 0.740. The average molecular weight is 371 g/mol. The number of carbonyl (C=O) groups excluding carboxylic acids is 1. The van der Waals surface area contributed by atoms with Crippen molar-refractivity contribution in [2.75, 3.05) is 24.2 Å². The smallest absolute Gasteiger partial charge is 0.233 e. The van der Waals surface area contributed by atoms with Crippen molar-refractivity contribution in [2.45, 2.75) is 25.1 Å². The molecule has 0 unspecified atom stereocenters. The lowest BCUT2D eigenvalue weighted by Crippen LogP contribution is -2.31. The van der Waals surface area contributed by atoms with Crippen LogP contribution in [0.3, 0.4) is 0 Å². The summed E-state index contributed by atoms with van der Waals surface area (Å²) >= 11 is 8.95. The molecular weight excluding hydrogens is 352 g/mol. The van der Waals surface area contributed by atoms with E-state index in [4.69, 9.17) is 11.6 Å². The predicted molar refractivity (Wildman–Crippen MR) is 98.0 cm³/mol.